The predicted molar refractivity (Wildman–Crippen MR) is 90.9 cm³/mol. The molecule has 0 radical (unpaired) electrons. The van der Waals surface area contributed by atoms with Gasteiger partial charge in [-0.2, -0.15) is 0 Å². The molecule has 0 fully saturated rings. The Kier molecular flexibility index (Phi) is 4.41. The molecule has 0 aromatic heterocycles. The second-order valence-corrected chi connectivity index (χ2v) is 9.08. The maximum absolute atomic E-state index is 5.01. The monoisotopic (exact) mass is 298 g/mol. The molecule has 2 atom stereocenters. The molecule has 2 aliphatic heterocycles. The molecule has 0 N–H and O–H groups in total. The lowest BCUT2D eigenvalue weighted by Gasteiger charge is -2.25. The van der Waals surface area contributed by atoms with E-state index in [0.29, 0.717) is 12.1 Å². The first kappa shape index (κ1) is 15.4. The zero-order valence-corrected chi connectivity index (χ0v) is 14.6. The predicted octanol–water partition coefficient (Wildman–Crippen LogP) is 4.50. The van der Waals surface area contributed by atoms with E-state index in [4.69, 9.17) is 9.98 Å². The molecule has 0 aliphatic carbocycles. The fraction of sp³-hybridized carbons (Fsp3) is 0.867. The van der Waals surface area contributed by atoms with E-state index in [2.05, 4.69) is 41.5 Å². The van der Waals surface area contributed by atoms with Gasteiger partial charge in [-0.25, -0.2) is 0 Å². The Hall–Kier alpha value is 0.0400. The molecule has 0 aromatic rings. The molecular formula is C15H26N2S2. The van der Waals surface area contributed by atoms with Crippen LogP contribution in [0, 0.1) is 10.8 Å². The molecule has 0 unspecified atom stereocenters. The van der Waals surface area contributed by atoms with Gasteiger partial charge in [-0.05, 0) is 25.7 Å². The fourth-order valence-corrected chi connectivity index (χ4v) is 5.17. The van der Waals surface area contributed by atoms with Crippen LogP contribution in [0.25, 0.3) is 0 Å². The molecular weight excluding hydrogens is 272 g/mol. The van der Waals surface area contributed by atoms with Crippen molar-refractivity contribution in [3.05, 3.63) is 0 Å². The van der Waals surface area contributed by atoms with Crippen LogP contribution in [-0.2, 0) is 0 Å². The third kappa shape index (κ3) is 3.21. The summed E-state index contributed by atoms with van der Waals surface area (Å²) in [6, 6.07) is 0.963. The normalized spacial score (nSPS) is 28.5. The summed E-state index contributed by atoms with van der Waals surface area (Å²) in [4.78, 5) is 9.91. The van der Waals surface area contributed by atoms with E-state index in [1.165, 1.54) is 10.1 Å². The number of thioether (sulfide) groups is 2. The molecule has 2 aliphatic rings. The highest BCUT2D eigenvalue weighted by molar-refractivity contribution is 8.16. The second-order valence-electron chi connectivity index (χ2n) is 7.06. The van der Waals surface area contributed by atoms with Crippen molar-refractivity contribution >= 4 is 33.6 Å². The van der Waals surface area contributed by atoms with Crippen molar-refractivity contribution in [2.45, 2.75) is 60.0 Å². The van der Waals surface area contributed by atoms with Crippen LogP contribution >= 0.6 is 23.5 Å². The van der Waals surface area contributed by atoms with Gasteiger partial charge in [-0.3, -0.25) is 9.98 Å². The molecule has 2 heterocycles. The van der Waals surface area contributed by atoms with E-state index in [0.717, 1.165) is 17.9 Å². The minimum atomic E-state index is 0.0131. The maximum atomic E-state index is 5.01. The van der Waals surface area contributed by atoms with Crippen molar-refractivity contribution < 1.29 is 0 Å². The Balaban J connectivity index is 2.17. The summed E-state index contributed by atoms with van der Waals surface area (Å²) >= 11 is 3.87. The van der Waals surface area contributed by atoms with Gasteiger partial charge >= 0.3 is 0 Å². The lowest BCUT2D eigenvalue weighted by Crippen LogP contribution is -2.29. The van der Waals surface area contributed by atoms with Gasteiger partial charge in [0.25, 0.3) is 0 Å². The van der Waals surface area contributed by atoms with Crippen LogP contribution in [-0.4, -0.2) is 33.7 Å². The molecule has 2 nitrogen and oxygen atoms in total. The van der Waals surface area contributed by atoms with E-state index in [9.17, 15) is 0 Å². The van der Waals surface area contributed by atoms with Crippen LogP contribution in [0.4, 0.5) is 0 Å². The third-order valence-electron chi connectivity index (χ3n) is 3.90. The minimum Gasteiger partial charge on any atom is -0.278 e. The molecule has 0 saturated heterocycles. The maximum Gasteiger partial charge on any atom is 0.0802 e. The Labute approximate surface area is 126 Å². The molecule has 0 spiro atoms. The van der Waals surface area contributed by atoms with Crippen molar-refractivity contribution in [3.8, 4) is 0 Å². The summed E-state index contributed by atoms with van der Waals surface area (Å²) in [6.07, 6.45) is 1.15. The lowest BCUT2D eigenvalue weighted by molar-refractivity contribution is 0.348. The molecule has 0 saturated carbocycles. The van der Waals surface area contributed by atoms with Gasteiger partial charge in [-0.1, -0.05) is 27.7 Å². The van der Waals surface area contributed by atoms with Gasteiger partial charge in [0.1, 0.15) is 0 Å². The summed E-state index contributed by atoms with van der Waals surface area (Å²) < 4.78 is 0. The van der Waals surface area contributed by atoms with Crippen molar-refractivity contribution in [2.24, 2.45) is 20.8 Å². The van der Waals surface area contributed by atoms with Crippen LogP contribution in [0.15, 0.2) is 9.98 Å². The lowest BCUT2D eigenvalue weighted by atomic mass is 9.88. The largest absolute Gasteiger partial charge is 0.278 e. The van der Waals surface area contributed by atoms with Crippen LogP contribution in [0.1, 0.15) is 48.0 Å². The van der Waals surface area contributed by atoms with Crippen molar-refractivity contribution in [2.75, 3.05) is 11.5 Å². The Morgan fingerprint density at radius 3 is 2.05 bits per heavy atom. The van der Waals surface area contributed by atoms with Crippen molar-refractivity contribution in [1.29, 1.82) is 0 Å². The number of rotatable bonds is 3. The SMILES string of the molecule is CC[C@@H]1CSC(C(C)(C)C2=N[C@@H](C(C)(C)C)CS2)=N1. The Bertz CT molecular complexity index is 405. The number of hydrogen-bond donors (Lipinski definition) is 0. The summed E-state index contributed by atoms with van der Waals surface area (Å²) in [5.74, 6) is 2.27. The quantitative estimate of drug-likeness (QED) is 0.766. The topological polar surface area (TPSA) is 24.7 Å². The molecule has 19 heavy (non-hydrogen) atoms. The zero-order valence-electron chi connectivity index (χ0n) is 13.0. The van der Waals surface area contributed by atoms with Gasteiger partial charge in [0.15, 0.2) is 0 Å². The smallest absolute Gasteiger partial charge is 0.0802 e. The van der Waals surface area contributed by atoms with Gasteiger partial charge in [0.2, 0.25) is 0 Å². The molecule has 108 valence electrons. The highest BCUT2D eigenvalue weighted by Gasteiger charge is 2.40. The van der Waals surface area contributed by atoms with Crippen LogP contribution in [0.3, 0.4) is 0 Å². The first-order valence-electron chi connectivity index (χ1n) is 7.17. The summed E-state index contributed by atoms with van der Waals surface area (Å²) in [6.45, 7) is 13.6. The molecule has 4 heteroatoms. The summed E-state index contributed by atoms with van der Waals surface area (Å²) in [5.41, 5.74) is 0.278. The molecule has 0 bridgehead atoms. The van der Waals surface area contributed by atoms with Crippen LogP contribution in [0.2, 0.25) is 0 Å². The van der Waals surface area contributed by atoms with Crippen molar-refractivity contribution in [1.82, 2.24) is 0 Å². The van der Waals surface area contributed by atoms with E-state index < -0.39 is 0 Å². The summed E-state index contributed by atoms with van der Waals surface area (Å²) in [7, 11) is 0. The second kappa shape index (κ2) is 5.44. The van der Waals surface area contributed by atoms with E-state index >= 15 is 0 Å². The van der Waals surface area contributed by atoms with E-state index in [-0.39, 0.29) is 10.8 Å². The standard InChI is InChI=1S/C15H26N2S2/c1-7-10-8-18-12(16-10)15(5,6)13-17-11(9-19-13)14(2,3)4/h10-11H,7-9H2,1-6H3/t10-,11-/m1/s1. The molecule has 0 aromatic carbocycles. The number of nitrogens with zero attached hydrogens (tertiary/aromatic N) is 2. The third-order valence-corrected chi connectivity index (χ3v) is 6.72. The molecule has 0 amide bonds. The minimum absolute atomic E-state index is 0.0131. The highest BCUT2D eigenvalue weighted by Crippen LogP contribution is 2.42. The molecule has 2 rings (SSSR count). The van der Waals surface area contributed by atoms with Gasteiger partial charge in [-0.15, -0.1) is 23.5 Å². The average molecular weight is 299 g/mol. The zero-order chi connectivity index (χ0) is 14.3. The average Bonchev–Trinajstić information content (AvgIpc) is 2.98. The first-order chi connectivity index (χ1) is 8.75. The van der Waals surface area contributed by atoms with Gasteiger partial charge in [0.05, 0.1) is 27.6 Å². The first-order valence-corrected chi connectivity index (χ1v) is 9.14. The van der Waals surface area contributed by atoms with Crippen molar-refractivity contribution in [3.63, 3.8) is 0 Å². The number of aliphatic imine (C=N–C) groups is 2. The van der Waals surface area contributed by atoms with E-state index in [1.807, 2.05) is 23.5 Å². The van der Waals surface area contributed by atoms with Gasteiger partial charge < -0.3 is 0 Å². The highest BCUT2D eigenvalue weighted by atomic mass is 32.2. The number of hydrogen-bond acceptors (Lipinski definition) is 4. The fourth-order valence-electron chi connectivity index (χ4n) is 2.22. The Morgan fingerprint density at radius 1 is 1.00 bits per heavy atom. The Morgan fingerprint density at radius 2 is 1.58 bits per heavy atom. The van der Waals surface area contributed by atoms with Gasteiger partial charge in [0, 0.05) is 11.5 Å². The van der Waals surface area contributed by atoms with Crippen LogP contribution < -0.4 is 0 Å². The van der Waals surface area contributed by atoms with Crippen LogP contribution in [0.5, 0.6) is 0 Å². The summed E-state index contributed by atoms with van der Waals surface area (Å²) in [5, 5.41) is 2.58. The van der Waals surface area contributed by atoms with E-state index in [1.54, 1.807) is 0 Å².